The summed E-state index contributed by atoms with van der Waals surface area (Å²) in [6.07, 6.45) is 69.7. The maximum atomic E-state index is 12.4. The highest BCUT2D eigenvalue weighted by molar-refractivity contribution is 5.76. The summed E-state index contributed by atoms with van der Waals surface area (Å²) in [5.74, 6) is -0.0717. The van der Waals surface area contributed by atoms with E-state index in [-0.39, 0.29) is 12.5 Å². The molecule has 4 heteroatoms. The molecule has 0 radical (unpaired) electrons. The van der Waals surface area contributed by atoms with Crippen LogP contribution in [0.15, 0.2) is 48.6 Å². The summed E-state index contributed by atoms with van der Waals surface area (Å²) >= 11 is 0. The predicted octanol–water partition coefficient (Wildman–Crippen LogP) is 17.1. The Morgan fingerprint density at radius 2 is 0.712 bits per heavy atom. The van der Waals surface area contributed by atoms with Gasteiger partial charge in [0, 0.05) is 6.42 Å². The van der Waals surface area contributed by atoms with Crippen molar-refractivity contribution in [2.24, 2.45) is 0 Å². The van der Waals surface area contributed by atoms with Gasteiger partial charge in [-0.1, -0.05) is 255 Å². The van der Waals surface area contributed by atoms with Crippen molar-refractivity contribution < 1.29 is 15.0 Å². The van der Waals surface area contributed by atoms with Crippen molar-refractivity contribution in [3.05, 3.63) is 48.6 Å². The van der Waals surface area contributed by atoms with Crippen LogP contribution in [0, 0.1) is 0 Å². The first-order valence-electron chi connectivity index (χ1n) is 26.4. The fourth-order valence-electron chi connectivity index (χ4n) is 7.99. The van der Waals surface area contributed by atoms with Gasteiger partial charge in [-0.25, -0.2) is 0 Å². The maximum Gasteiger partial charge on any atom is 0.220 e. The Labute approximate surface area is 369 Å². The molecule has 0 rings (SSSR count). The van der Waals surface area contributed by atoms with E-state index in [1.165, 1.54) is 218 Å². The van der Waals surface area contributed by atoms with Crippen LogP contribution in [0.25, 0.3) is 0 Å². The van der Waals surface area contributed by atoms with E-state index in [1.54, 1.807) is 6.08 Å². The van der Waals surface area contributed by atoms with Crippen LogP contribution in [-0.4, -0.2) is 34.9 Å². The van der Waals surface area contributed by atoms with Gasteiger partial charge < -0.3 is 15.5 Å². The first-order chi connectivity index (χ1) is 29.2. The number of carbonyl (C=O) groups excluding carboxylic acids is 1. The molecule has 0 aliphatic heterocycles. The number of aliphatic hydroxyl groups is 2. The molecule has 0 aromatic carbocycles. The van der Waals surface area contributed by atoms with E-state index in [2.05, 4.69) is 55.6 Å². The average molecular weight is 826 g/mol. The number of allylic oxidation sites excluding steroid dienone is 7. The molecule has 0 heterocycles. The Balaban J connectivity index is 3.53. The van der Waals surface area contributed by atoms with E-state index in [4.69, 9.17) is 0 Å². The number of aliphatic hydroxyl groups excluding tert-OH is 2. The van der Waals surface area contributed by atoms with E-state index in [0.717, 1.165) is 38.5 Å². The van der Waals surface area contributed by atoms with Crippen molar-refractivity contribution in [3.8, 4) is 0 Å². The summed E-state index contributed by atoms with van der Waals surface area (Å²) in [4.78, 5) is 12.4. The molecule has 0 aliphatic carbocycles. The van der Waals surface area contributed by atoms with E-state index in [0.29, 0.717) is 6.42 Å². The SMILES string of the molecule is CCCCCCC/C=C\C/C=C\CCCCCCCCCCCCCCCCCC(=O)NC(CO)C(O)/C=C/CC/C=C/CCCCCCCCCCCCCCCC. The van der Waals surface area contributed by atoms with Gasteiger partial charge >= 0.3 is 0 Å². The quantitative estimate of drug-likeness (QED) is 0.0423. The molecule has 59 heavy (non-hydrogen) atoms. The molecular weight excluding hydrogens is 723 g/mol. The highest BCUT2D eigenvalue weighted by Crippen LogP contribution is 2.16. The van der Waals surface area contributed by atoms with Crippen LogP contribution in [0.1, 0.15) is 277 Å². The minimum atomic E-state index is -0.863. The maximum absolute atomic E-state index is 12.4. The average Bonchev–Trinajstić information content (AvgIpc) is 3.24. The predicted molar refractivity (Wildman–Crippen MR) is 262 cm³/mol. The van der Waals surface area contributed by atoms with Crippen molar-refractivity contribution in [1.82, 2.24) is 5.32 Å². The normalized spacial score (nSPS) is 13.2. The topological polar surface area (TPSA) is 69.6 Å². The van der Waals surface area contributed by atoms with Crippen molar-refractivity contribution in [3.63, 3.8) is 0 Å². The second-order valence-electron chi connectivity index (χ2n) is 17.9. The van der Waals surface area contributed by atoms with E-state index < -0.39 is 12.1 Å². The van der Waals surface area contributed by atoms with Crippen molar-refractivity contribution in [2.75, 3.05) is 6.61 Å². The number of carbonyl (C=O) groups is 1. The van der Waals surface area contributed by atoms with Gasteiger partial charge in [0.05, 0.1) is 18.8 Å². The Hall–Kier alpha value is -1.65. The van der Waals surface area contributed by atoms with Gasteiger partial charge in [0.1, 0.15) is 0 Å². The third-order valence-corrected chi connectivity index (χ3v) is 12.0. The van der Waals surface area contributed by atoms with Crippen LogP contribution in [0.4, 0.5) is 0 Å². The molecule has 0 saturated heterocycles. The molecule has 3 N–H and O–H groups in total. The fraction of sp³-hybridized carbons (Fsp3) is 0.836. The molecule has 2 atom stereocenters. The summed E-state index contributed by atoms with van der Waals surface area (Å²) < 4.78 is 0. The second-order valence-corrected chi connectivity index (χ2v) is 17.9. The van der Waals surface area contributed by atoms with Crippen LogP contribution < -0.4 is 5.32 Å². The van der Waals surface area contributed by atoms with Crippen LogP contribution in [0.3, 0.4) is 0 Å². The summed E-state index contributed by atoms with van der Waals surface area (Å²) in [5, 5.41) is 23.1. The number of nitrogens with one attached hydrogen (secondary N) is 1. The zero-order valence-corrected chi connectivity index (χ0v) is 39.8. The molecule has 0 saturated carbocycles. The third kappa shape index (κ3) is 47.3. The van der Waals surface area contributed by atoms with Gasteiger partial charge in [-0.05, 0) is 64.2 Å². The molecule has 0 aromatic heterocycles. The Morgan fingerprint density at radius 1 is 0.407 bits per heavy atom. The van der Waals surface area contributed by atoms with Crippen LogP contribution in [0.5, 0.6) is 0 Å². The Morgan fingerprint density at radius 3 is 1.08 bits per heavy atom. The first kappa shape index (κ1) is 57.3. The highest BCUT2D eigenvalue weighted by atomic mass is 16.3. The smallest absolute Gasteiger partial charge is 0.220 e. The summed E-state index contributed by atoms with van der Waals surface area (Å²) in [6.45, 7) is 4.31. The van der Waals surface area contributed by atoms with Crippen LogP contribution >= 0.6 is 0 Å². The van der Waals surface area contributed by atoms with Crippen molar-refractivity contribution in [2.45, 2.75) is 289 Å². The number of amides is 1. The third-order valence-electron chi connectivity index (χ3n) is 12.0. The van der Waals surface area contributed by atoms with Gasteiger partial charge in [-0.2, -0.15) is 0 Å². The molecule has 0 aromatic rings. The summed E-state index contributed by atoms with van der Waals surface area (Å²) in [5.41, 5.74) is 0. The van der Waals surface area contributed by atoms with Gasteiger partial charge in [-0.15, -0.1) is 0 Å². The highest BCUT2D eigenvalue weighted by Gasteiger charge is 2.17. The second kappa shape index (κ2) is 50.7. The summed E-state index contributed by atoms with van der Waals surface area (Å²) in [7, 11) is 0. The number of hydrogen-bond donors (Lipinski definition) is 3. The minimum absolute atomic E-state index is 0.0717. The van der Waals surface area contributed by atoms with Crippen molar-refractivity contribution >= 4 is 5.91 Å². The molecule has 346 valence electrons. The fourth-order valence-corrected chi connectivity index (χ4v) is 7.99. The van der Waals surface area contributed by atoms with Crippen LogP contribution in [0.2, 0.25) is 0 Å². The molecule has 4 nitrogen and oxygen atoms in total. The standard InChI is InChI=1S/C55H103NO3/c1-3-5-7-9-11-13-15-17-19-21-23-25-26-27-28-29-30-31-33-35-37-39-41-43-45-47-49-51-55(59)56-53(52-57)54(58)50-48-46-44-42-40-38-36-34-32-24-22-20-18-16-14-12-10-8-6-4-2/h15,17,21,23,40,42,48,50,53-54,57-58H,3-14,16,18-20,22,24-39,41,43-47,49,51-52H2,1-2H3,(H,56,59)/b17-15-,23-21-,42-40+,50-48+. The molecule has 0 bridgehead atoms. The molecule has 2 unspecified atom stereocenters. The lowest BCUT2D eigenvalue weighted by Gasteiger charge is -2.19. The zero-order chi connectivity index (χ0) is 42.8. The monoisotopic (exact) mass is 826 g/mol. The lowest BCUT2D eigenvalue weighted by atomic mass is 10.0. The number of rotatable bonds is 48. The molecule has 0 aliphatic rings. The minimum Gasteiger partial charge on any atom is -0.394 e. The summed E-state index contributed by atoms with van der Waals surface area (Å²) in [6, 6.07) is -0.639. The van der Waals surface area contributed by atoms with E-state index in [9.17, 15) is 15.0 Å². The molecule has 0 fully saturated rings. The van der Waals surface area contributed by atoms with Gasteiger partial charge in [0.2, 0.25) is 5.91 Å². The molecule has 1 amide bonds. The van der Waals surface area contributed by atoms with E-state index in [1.807, 2.05) is 6.08 Å². The largest absolute Gasteiger partial charge is 0.394 e. The van der Waals surface area contributed by atoms with Crippen molar-refractivity contribution in [1.29, 1.82) is 0 Å². The van der Waals surface area contributed by atoms with Gasteiger partial charge in [0.15, 0.2) is 0 Å². The van der Waals surface area contributed by atoms with Crippen LogP contribution in [-0.2, 0) is 4.79 Å². The van der Waals surface area contributed by atoms with Gasteiger partial charge in [0.25, 0.3) is 0 Å². The zero-order valence-electron chi connectivity index (χ0n) is 39.8. The van der Waals surface area contributed by atoms with E-state index >= 15 is 0 Å². The number of hydrogen-bond acceptors (Lipinski definition) is 3. The lowest BCUT2D eigenvalue weighted by Crippen LogP contribution is -2.45. The lowest BCUT2D eigenvalue weighted by molar-refractivity contribution is -0.123. The Kier molecular flexibility index (Phi) is 49.3. The first-order valence-corrected chi connectivity index (χ1v) is 26.4. The molecular formula is C55H103NO3. The van der Waals surface area contributed by atoms with Gasteiger partial charge in [-0.3, -0.25) is 4.79 Å². The number of unbranched alkanes of at least 4 members (excludes halogenated alkanes) is 35. The Bertz CT molecular complexity index is 939. The molecule has 0 spiro atoms.